The molecule has 0 aliphatic carbocycles. The standard InChI is InChI=1S/C21H23N3O2/c1-12-8-17(9-13(2)16(12)5)22-23-18-10-14(3)21(15(4)11-18)24-19(25)6-7-20(24)26/h8-11H,6-7H2,1-5H3. The van der Waals surface area contributed by atoms with Gasteiger partial charge in [-0.25, -0.2) is 0 Å². The van der Waals surface area contributed by atoms with Crippen molar-refractivity contribution in [3.63, 3.8) is 0 Å². The minimum atomic E-state index is -0.138. The monoisotopic (exact) mass is 349 g/mol. The molecule has 5 nitrogen and oxygen atoms in total. The maximum Gasteiger partial charge on any atom is 0.234 e. The highest BCUT2D eigenvalue weighted by Crippen LogP contribution is 2.33. The molecule has 1 heterocycles. The van der Waals surface area contributed by atoms with Gasteiger partial charge in [-0.05, 0) is 86.7 Å². The van der Waals surface area contributed by atoms with Gasteiger partial charge in [0.2, 0.25) is 11.8 Å². The largest absolute Gasteiger partial charge is 0.274 e. The Hall–Kier alpha value is -2.82. The molecule has 1 aliphatic heterocycles. The van der Waals surface area contributed by atoms with Crippen LogP contribution >= 0.6 is 0 Å². The Kier molecular flexibility index (Phi) is 4.72. The van der Waals surface area contributed by atoms with Crippen molar-refractivity contribution in [3.8, 4) is 0 Å². The molecule has 2 aromatic carbocycles. The quantitative estimate of drug-likeness (QED) is 0.558. The van der Waals surface area contributed by atoms with Gasteiger partial charge < -0.3 is 0 Å². The van der Waals surface area contributed by atoms with E-state index in [1.807, 2.05) is 38.1 Å². The lowest BCUT2D eigenvalue weighted by Crippen LogP contribution is -2.30. The fourth-order valence-electron chi connectivity index (χ4n) is 3.36. The minimum absolute atomic E-state index is 0.138. The molecule has 0 spiro atoms. The van der Waals surface area contributed by atoms with Crippen LogP contribution in [-0.4, -0.2) is 11.8 Å². The predicted octanol–water partition coefficient (Wildman–Crippen LogP) is 5.30. The first-order valence-corrected chi connectivity index (χ1v) is 8.74. The minimum Gasteiger partial charge on any atom is -0.274 e. The van der Waals surface area contributed by atoms with Gasteiger partial charge in [-0.1, -0.05) is 0 Å². The topological polar surface area (TPSA) is 62.1 Å². The molecule has 0 saturated carbocycles. The zero-order valence-electron chi connectivity index (χ0n) is 15.9. The van der Waals surface area contributed by atoms with Crippen molar-refractivity contribution in [2.75, 3.05) is 4.90 Å². The highest BCUT2D eigenvalue weighted by molar-refractivity contribution is 6.20. The predicted molar refractivity (Wildman–Crippen MR) is 102 cm³/mol. The number of hydrogen-bond donors (Lipinski definition) is 0. The first-order chi connectivity index (χ1) is 12.3. The summed E-state index contributed by atoms with van der Waals surface area (Å²) >= 11 is 0. The zero-order valence-corrected chi connectivity index (χ0v) is 15.9. The molecule has 3 rings (SSSR count). The molecule has 0 radical (unpaired) electrons. The molecule has 0 N–H and O–H groups in total. The number of rotatable bonds is 3. The Morgan fingerprint density at radius 2 is 1.08 bits per heavy atom. The van der Waals surface area contributed by atoms with Gasteiger partial charge in [0.25, 0.3) is 0 Å². The van der Waals surface area contributed by atoms with Crippen molar-refractivity contribution in [2.24, 2.45) is 10.2 Å². The lowest BCUT2D eigenvalue weighted by molar-refractivity contribution is -0.121. The fourth-order valence-corrected chi connectivity index (χ4v) is 3.36. The maximum atomic E-state index is 12.0. The van der Waals surface area contributed by atoms with E-state index in [-0.39, 0.29) is 24.7 Å². The van der Waals surface area contributed by atoms with Crippen molar-refractivity contribution < 1.29 is 9.59 Å². The molecular formula is C21H23N3O2. The van der Waals surface area contributed by atoms with Crippen LogP contribution in [0, 0.1) is 34.6 Å². The Labute approximate surface area is 153 Å². The number of azo groups is 1. The smallest absolute Gasteiger partial charge is 0.234 e. The Morgan fingerprint density at radius 1 is 0.692 bits per heavy atom. The van der Waals surface area contributed by atoms with E-state index in [2.05, 4.69) is 31.0 Å². The number of benzene rings is 2. The van der Waals surface area contributed by atoms with Gasteiger partial charge in [0.05, 0.1) is 17.1 Å². The van der Waals surface area contributed by atoms with Gasteiger partial charge in [0.1, 0.15) is 0 Å². The highest BCUT2D eigenvalue weighted by atomic mass is 16.2. The summed E-state index contributed by atoms with van der Waals surface area (Å²) < 4.78 is 0. The van der Waals surface area contributed by atoms with Gasteiger partial charge in [0.15, 0.2) is 0 Å². The van der Waals surface area contributed by atoms with Crippen LogP contribution in [0.15, 0.2) is 34.5 Å². The van der Waals surface area contributed by atoms with Gasteiger partial charge in [-0.2, -0.15) is 10.2 Å². The van der Waals surface area contributed by atoms with Crippen molar-refractivity contribution in [1.29, 1.82) is 0 Å². The van der Waals surface area contributed by atoms with Crippen LogP contribution in [0.25, 0.3) is 0 Å². The number of hydrogen-bond acceptors (Lipinski definition) is 4. The maximum absolute atomic E-state index is 12.0. The average Bonchev–Trinajstić information content (AvgIpc) is 2.89. The highest BCUT2D eigenvalue weighted by Gasteiger charge is 2.32. The van der Waals surface area contributed by atoms with E-state index in [9.17, 15) is 9.59 Å². The molecule has 0 atom stereocenters. The van der Waals surface area contributed by atoms with Crippen molar-refractivity contribution in [1.82, 2.24) is 0 Å². The molecule has 134 valence electrons. The zero-order chi connectivity index (χ0) is 19.0. The van der Waals surface area contributed by atoms with Gasteiger partial charge in [0, 0.05) is 12.8 Å². The number of aryl methyl sites for hydroxylation is 4. The molecule has 0 aromatic heterocycles. The third-order valence-electron chi connectivity index (χ3n) is 4.94. The van der Waals surface area contributed by atoms with Crippen LogP contribution in [0.3, 0.4) is 0 Å². The van der Waals surface area contributed by atoms with Gasteiger partial charge in [-0.15, -0.1) is 0 Å². The van der Waals surface area contributed by atoms with E-state index in [1.165, 1.54) is 21.6 Å². The summed E-state index contributed by atoms with van der Waals surface area (Å²) in [4.78, 5) is 25.4. The SMILES string of the molecule is Cc1cc(N=Nc2cc(C)c(N3C(=O)CCC3=O)c(C)c2)cc(C)c1C. The average molecular weight is 349 g/mol. The summed E-state index contributed by atoms with van der Waals surface area (Å²) in [6.45, 7) is 10.0. The number of carbonyl (C=O) groups excluding carboxylic acids is 2. The van der Waals surface area contributed by atoms with E-state index in [0.717, 1.165) is 16.8 Å². The van der Waals surface area contributed by atoms with Crippen molar-refractivity contribution in [3.05, 3.63) is 52.1 Å². The molecule has 1 aliphatic rings. The second-order valence-corrected chi connectivity index (χ2v) is 6.96. The van der Waals surface area contributed by atoms with Gasteiger partial charge in [-0.3, -0.25) is 14.5 Å². The molecule has 5 heteroatoms. The first kappa shape index (κ1) is 18.0. The van der Waals surface area contributed by atoms with Crippen molar-refractivity contribution in [2.45, 2.75) is 47.5 Å². The van der Waals surface area contributed by atoms with E-state index < -0.39 is 0 Å². The first-order valence-electron chi connectivity index (χ1n) is 8.74. The molecular weight excluding hydrogens is 326 g/mol. The molecule has 1 fully saturated rings. The van der Waals surface area contributed by atoms with Crippen LogP contribution < -0.4 is 4.90 Å². The van der Waals surface area contributed by atoms with E-state index in [0.29, 0.717) is 11.4 Å². The lowest BCUT2D eigenvalue weighted by Gasteiger charge is -2.19. The molecule has 0 bridgehead atoms. The van der Waals surface area contributed by atoms with Crippen molar-refractivity contribution >= 4 is 28.9 Å². The summed E-state index contributed by atoms with van der Waals surface area (Å²) in [5.41, 5.74) is 7.53. The Morgan fingerprint density at radius 3 is 1.50 bits per heavy atom. The number of imide groups is 1. The summed E-state index contributed by atoms with van der Waals surface area (Å²) in [5, 5.41) is 8.71. The summed E-state index contributed by atoms with van der Waals surface area (Å²) in [6, 6.07) is 7.75. The summed E-state index contributed by atoms with van der Waals surface area (Å²) in [5.74, 6) is -0.276. The second-order valence-electron chi connectivity index (χ2n) is 6.96. The molecule has 0 unspecified atom stereocenters. The molecule has 2 amide bonds. The Bertz CT molecular complexity index is 882. The van der Waals surface area contributed by atoms with Crippen LogP contribution in [0.4, 0.5) is 17.1 Å². The number of nitrogens with zero attached hydrogens (tertiary/aromatic N) is 3. The summed E-state index contributed by atoms with van der Waals surface area (Å²) in [7, 11) is 0. The number of anilines is 1. The summed E-state index contributed by atoms with van der Waals surface area (Å²) in [6.07, 6.45) is 0.566. The van der Waals surface area contributed by atoms with Gasteiger partial charge >= 0.3 is 0 Å². The van der Waals surface area contributed by atoms with Crippen LogP contribution in [0.2, 0.25) is 0 Å². The number of carbonyl (C=O) groups is 2. The molecule has 1 saturated heterocycles. The van der Waals surface area contributed by atoms with E-state index in [4.69, 9.17) is 0 Å². The molecule has 2 aromatic rings. The normalized spacial score (nSPS) is 14.7. The van der Waals surface area contributed by atoms with Crippen LogP contribution in [0.1, 0.15) is 40.7 Å². The Balaban J connectivity index is 1.93. The third kappa shape index (κ3) is 3.29. The van der Waals surface area contributed by atoms with E-state index >= 15 is 0 Å². The second kappa shape index (κ2) is 6.83. The molecule has 26 heavy (non-hydrogen) atoms. The van der Waals surface area contributed by atoms with Crippen LogP contribution in [0.5, 0.6) is 0 Å². The van der Waals surface area contributed by atoms with Crippen LogP contribution in [-0.2, 0) is 9.59 Å². The fraction of sp³-hybridized carbons (Fsp3) is 0.333. The third-order valence-corrected chi connectivity index (χ3v) is 4.94. The number of amides is 2. The van der Waals surface area contributed by atoms with E-state index in [1.54, 1.807) is 0 Å². The lowest BCUT2D eigenvalue weighted by atomic mass is 10.0.